The fraction of sp³-hybridized carbons (Fsp3) is 0.0588. The van der Waals surface area contributed by atoms with Gasteiger partial charge >= 0.3 is 0 Å². The number of amides is 1. The highest BCUT2D eigenvalue weighted by molar-refractivity contribution is 6.35. The van der Waals surface area contributed by atoms with Gasteiger partial charge in [0.1, 0.15) is 5.75 Å². The van der Waals surface area contributed by atoms with Crippen LogP contribution in [0.1, 0.15) is 5.56 Å². The van der Waals surface area contributed by atoms with E-state index in [1.807, 2.05) is 36.4 Å². The van der Waals surface area contributed by atoms with Crippen molar-refractivity contribution in [3.63, 3.8) is 0 Å². The maximum absolute atomic E-state index is 11.6. The van der Waals surface area contributed by atoms with E-state index in [0.717, 1.165) is 5.56 Å². The number of rotatable bonds is 6. The number of benzene rings is 2. The summed E-state index contributed by atoms with van der Waals surface area (Å²) in [6.07, 6.45) is 5.09. The van der Waals surface area contributed by atoms with Crippen molar-refractivity contribution >= 4 is 41.4 Å². The first kappa shape index (κ1) is 17.1. The Morgan fingerprint density at radius 3 is 2.70 bits per heavy atom. The lowest BCUT2D eigenvalue weighted by Crippen LogP contribution is -2.24. The summed E-state index contributed by atoms with van der Waals surface area (Å²) >= 11 is 11.7. The summed E-state index contributed by atoms with van der Waals surface area (Å²) in [5, 5.41) is 4.64. The summed E-state index contributed by atoms with van der Waals surface area (Å²) < 4.78 is 5.29. The van der Waals surface area contributed by atoms with Gasteiger partial charge in [-0.1, -0.05) is 59.6 Å². The van der Waals surface area contributed by atoms with Crippen molar-refractivity contribution in [1.82, 2.24) is 5.43 Å². The van der Waals surface area contributed by atoms with Gasteiger partial charge in [-0.3, -0.25) is 4.79 Å². The average molecular weight is 349 g/mol. The van der Waals surface area contributed by atoms with Crippen molar-refractivity contribution in [1.29, 1.82) is 0 Å². The van der Waals surface area contributed by atoms with Crippen molar-refractivity contribution in [2.24, 2.45) is 5.10 Å². The number of hydrogen-bond donors (Lipinski definition) is 1. The Kier molecular flexibility index (Phi) is 6.66. The number of ether oxygens (including phenoxy) is 1. The molecule has 1 N–H and O–H groups in total. The van der Waals surface area contributed by atoms with Crippen molar-refractivity contribution in [3.8, 4) is 5.75 Å². The van der Waals surface area contributed by atoms with Gasteiger partial charge in [0, 0.05) is 11.2 Å². The van der Waals surface area contributed by atoms with E-state index in [1.165, 1.54) is 6.21 Å². The lowest BCUT2D eigenvalue weighted by atomic mass is 10.2. The molecule has 0 aromatic heterocycles. The third-order valence-corrected chi connectivity index (χ3v) is 3.22. The molecule has 23 heavy (non-hydrogen) atoms. The molecule has 0 radical (unpaired) electrons. The van der Waals surface area contributed by atoms with Crippen LogP contribution in [0.15, 0.2) is 59.7 Å². The summed E-state index contributed by atoms with van der Waals surface area (Å²) in [6.45, 7) is -0.193. The first-order chi connectivity index (χ1) is 11.1. The van der Waals surface area contributed by atoms with E-state index in [-0.39, 0.29) is 12.5 Å². The van der Waals surface area contributed by atoms with Crippen molar-refractivity contribution < 1.29 is 9.53 Å². The van der Waals surface area contributed by atoms with E-state index in [9.17, 15) is 4.79 Å². The van der Waals surface area contributed by atoms with Gasteiger partial charge in [-0.2, -0.15) is 5.10 Å². The molecular formula is C17H14Cl2N2O2. The van der Waals surface area contributed by atoms with Gasteiger partial charge in [-0.05, 0) is 29.8 Å². The molecule has 0 unspecified atom stereocenters. The monoisotopic (exact) mass is 348 g/mol. The van der Waals surface area contributed by atoms with Gasteiger partial charge in [0.2, 0.25) is 0 Å². The Balaban J connectivity index is 1.74. The molecular weight excluding hydrogens is 335 g/mol. The molecule has 6 heteroatoms. The van der Waals surface area contributed by atoms with Crippen LogP contribution in [0.5, 0.6) is 5.75 Å². The van der Waals surface area contributed by atoms with Crippen molar-refractivity contribution in [2.75, 3.05) is 6.61 Å². The highest BCUT2D eigenvalue weighted by atomic mass is 35.5. The molecule has 1 amide bonds. The van der Waals surface area contributed by atoms with Gasteiger partial charge in [0.15, 0.2) is 6.61 Å². The molecule has 0 bridgehead atoms. The van der Waals surface area contributed by atoms with E-state index < -0.39 is 0 Å². The van der Waals surface area contributed by atoms with Gasteiger partial charge in [-0.25, -0.2) is 5.43 Å². The zero-order chi connectivity index (χ0) is 16.5. The minimum absolute atomic E-state index is 0.193. The minimum Gasteiger partial charge on any atom is -0.482 e. The fourth-order valence-electron chi connectivity index (χ4n) is 1.64. The van der Waals surface area contributed by atoms with Crippen LogP contribution in [-0.4, -0.2) is 18.7 Å². The fourth-order valence-corrected chi connectivity index (χ4v) is 2.10. The van der Waals surface area contributed by atoms with Gasteiger partial charge < -0.3 is 4.74 Å². The van der Waals surface area contributed by atoms with E-state index in [2.05, 4.69) is 10.5 Å². The van der Waals surface area contributed by atoms with Crippen LogP contribution in [-0.2, 0) is 4.79 Å². The third kappa shape index (κ3) is 6.14. The van der Waals surface area contributed by atoms with E-state index in [0.29, 0.717) is 15.8 Å². The zero-order valence-electron chi connectivity index (χ0n) is 12.1. The Labute approximate surface area is 144 Å². The molecule has 0 atom stereocenters. The molecule has 0 aliphatic carbocycles. The quantitative estimate of drug-likeness (QED) is 0.628. The number of nitrogens with zero attached hydrogens (tertiary/aromatic N) is 1. The number of nitrogens with one attached hydrogen (secondary N) is 1. The smallest absolute Gasteiger partial charge is 0.277 e. The number of carbonyl (C=O) groups excluding carboxylic acids is 1. The summed E-state index contributed by atoms with van der Waals surface area (Å²) in [6, 6.07) is 14.5. The van der Waals surface area contributed by atoms with Crippen LogP contribution in [0.25, 0.3) is 6.08 Å². The molecule has 0 saturated carbocycles. The van der Waals surface area contributed by atoms with Gasteiger partial charge in [0.05, 0.1) is 5.02 Å². The molecule has 2 aromatic carbocycles. The second-order valence-electron chi connectivity index (χ2n) is 4.45. The second-order valence-corrected chi connectivity index (χ2v) is 5.29. The Hall–Kier alpha value is -2.30. The SMILES string of the molecule is O=C(COc1ccc(Cl)cc1Cl)N/N=C\C=C\c1ccccc1. The first-order valence-corrected chi connectivity index (χ1v) is 7.52. The predicted molar refractivity (Wildman–Crippen MR) is 94.1 cm³/mol. The Morgan fingerprint density at radius 2 is 1.96 bits per heavy atom. The average Bonchev–Trinajstić information content (AvgIpc) is 2.54. The van der Waals surface area contributed by atoms with Crippen molar-refractivity contribution in [3.05, 3.63) is 70.2 Å². The Morgan fingerprint density at radius 1 is 1.17 bits per heavy atom. The van der Waals surface area contributed by atoms with Crippen LogP contribution in [0.4, 0.5) is 0 Å². The highest BCUT2D eigenvalue weighted by Gasteiger charge is 2.05. The molecule has 0 fully saturated rings. The Bertz CT molecular complexity index is 716. The highest BCUT2D eigenvalue weighted by Crippen LogP contribution is 2.27. The lowest BCUT2D eigenvalue weighted by molar-refractivity contribution is -0.123. The molecule has 0 saturated heterocycles. The maximum atomic E-state index is 11.6. The third-order valence-electron chi connectivity index (χ3n) is 2.69. The predicted octanol–water partition coefficient (Wildman–Crippen LogP) is 4.19. The van der Waals surface area contributed by atoms with Gasteiger partial charge in [0.25, 0.3) is 5.91 Å². The lowest BCUT2D eigenvalue weighted by Gasteiger charge is -2.06. The molecule has 2 aromatic rings. The van der Waals surface area contributed by atoms with Crippen LogP contribution in [0.2, 0.25) is 10.0 Å². The second kappa shape index (κ2) is 8.98. The van der Waals surface area contributed by atoms with E-state index in [4.69, 9.17) is 27.9 Å². The minimum atomic E-state index is -0.389. The molecule has 0 spiro atoms. The largest absolute Gasteiger partial charge is 0.482 e. The number of hydrogen-bond acceptors (Lipinski definition) is 3. The standard InChI is InChI=1S/C17H14Cl2N2O2/c18-14-8-9-16(15(19)11-14)23-12-17(22)21-20-10-4-7-13-5-2-1-3-6-13/h1-11H,12H2,(H,21,22)/b7-4+,20-10-. The number of allylic oxidation sites excluding steroid dienone is 1. The number of carbonyl (C=O) groups is 1. The van der Waals surface area contributed by atoms with Crippen molar-refractivity contribution in [2.45, 2.75) is 0 Å². The summed E-state index contributed by atoms with van der Waals surface area (Å²) in [7, 11) is 0. The maximum Gasteiger partial charge on any atom is 0.277 e. The molecule has 0 aliphatic rings. The van der Waals surface area contributed by atoms with Crippen LogP contribution < -0.4 is 10.2 Å². The summed E-state index contributed by atoms with van der Waals surface area (Å²) in [5.41, 5.74) is 3.40. The topological polar surface area (TPSA) is 50.7 Å². The molecule has 0 heterocycles. The molecule has 0 aliphatic heterocycles. The van der Waals surface area contributed by atoms with Crippen LogP contribution in [0.3, 0.4) is 0 Å². The van der Waals surface area contributed by atoms with Gasteiger partial charge in [-0.15, -0.1) is 0 Å². The molecule has 2 rings (SSSR count). The van der Waals surface area contributed by atoms with E-state index >= 15 is 0 Å². The van der Waals surface area contributed by atoms with Crippen LogP contribution in [0, 0.1) is 0 Å². The first-order valence-electron chi connectivity index (χ1n) is 6.76. The van der Waals surface area contributed by atoms with E-state index in [1.54, 1.807) is 24.3 Å². The number of hydrazone groups is 1. The summed E-state index contributed by atoms with van der Waals surface area (Å²) in [4.78, 5) is 11.6. The zero-order valence-corrected chi connectivity index (χ0v) is 13.6. The normalized spacial score (nSPS) is 11.0. The number of halogens is 2. The summed E-state index contributed by atoms with van der Waals surface area (Å²) in [5.74, 6) is -0.000419. The molecule has 118 valence electrons. The van der Waals surface area contributed by atoms with Crippen LogP contribution >= 0.6 is 23.2 Å². The molecule has 4 nitrogen and oxygen atoms in total.